The van der Waals surface area contributed by atoms with Gasteiger partial charge < -0.3 is 5.32 Å². The molecule has 0 aromatic carbocycles. The van der Waals surface area contributed by atoms with Crippen molar-refractivity contribution in [3.05, 3.63) is 20.8 Å². The topological polar surface area (TPSA) is 12.0 Å². The average molecular weight is 304 g/mol. The molecule has 16 heavy (non-hydrogen) atoms. The minimum Gasteiger partial charge on any atom is -0.310 e. The van der Waals surface area contributed by atoms with E-state index in [2.05, 4.69) is 52.8 Å². The molecule has 0 saturated carbocycles. The second-order valence-corrected chi connectivity index (χ2v) is 5.78. The standard InChI is InChI=1S/C13H22BrNS/c1-4-7-15-13(10(5-2)6-3)11-8-16-9-12(11)14/h8-10,13,15H,4-7H2,1-3H3. The van der Waals surface area contributed by atoms with Gasteiger partial charge in [0.2, 0.25) is 0 Å². The summed E-state index contributed by atoms with van der Waals surface area (Å²) in [5.41, 5.74) is 1.44. The third kappa shape index (κ3) is 3.57. The van der Waals surface area contributed by atoms with Crippen molar-refractivity contribution in [2.75, 3.05) is 6.54 Å². The molecule has 1 aromatic heterocycles. The molecule has 1 heterocycles. The highest BCUT2D eigenvalue weighted by Crippen LogP contribution is 2.34. The van der Waals surface area contributed by atoms with Gasteiger partial charge >= 0.3 is 0 Å². The van der Waals surface area contributed by atoms with Gasteiger partial charge in [0.1, 0.15) is 0 Å². The van der Waals surface area contributed by atoms with Crippen LogP contribution in [0.3, 0.4) is 0 Å². The summed E-state index contributed by atoms with van der Waals surface area (Å²) in [4.78, 5) is 0. The van der Waals surface area contributed by atoms with Gasteiger partial charge in [-0.1, -0.05) is 33.6 Å². The maximum atomic E-state index is 3.69. The van der Waals surface area contributed by atoms with E-state index in [-0.39, 0.29) is 0 Å². The van der Waals surface area contributed by atoms with Crippen molar-refractivity contribution in [2.24, 2.45) is 5.92 Å². The Morgan fingerprint density at radius 3 is 2.38 bits per heavy atom. The summed E-state index contributed by atoms with van der Waals surface area (Å²) in [6, 6.07) is 0.510. The molecule has 0 aliphatic carbocycles. The van der Waals surface area contributed by atoms with E-state index >= 15 is 0 Å². The van der Waals surface area contributed by atoms with Crippen molar-refractivity contribution in [2.45, 2.75) is 46.1 Å². The van der Waals surface area contributed by atoms with Gasteiger partial charge in [0.25, 0.3) is 0 Å². The van der Waals surface area contributed by atoms with Crippen molar-refractivity contribution in [3.63, 3.8) is 0 Å². The summed E-state index contributed by atoms with van der Waals surface area (Å²) in [6.45, 7) is 7.90. The van der Waals surface area contributed by atoms with E-state index in [1.54, 1.807) is 11.3 Å². The Bertz CT molecular complexity index is 294. The number of hydrogen-bond acceptors (Lipinski definition) is 2. The van der Waals surface area contributed by atoms with Crippen LogP contribution in [0.5, 0.6) is 0 Å². The highest BCUT2D eigenvalue weighted by Gasteiger charge is 2.22. The SMILES string of the molecule is CCCNC(c1cscc1Br)C(CC)CC. The van der Waals surface area contributed by atoms with Crippen LogP contribution in [0.1, 0.15) is 51.6 Å². The van der Waals surface area contributed by atoms with Crippen LogP contribution in [-0.2, 0) is 0 Å². The molecule has 0 fully saturated rings. The molecule has 1 rings (SSSR count). The lowest BCUT2D eigenvalue weighted by atomic mass is 9.90. The second kappa shape index (κ2) is 7.46. The van der Waals surface area contributed by atoms with Crippen LogP contribution in [-0.4, -0.2) is 6.54 Å². The number of halogens is 1. The highest BCUT2D eigenvalue weighted by molar-refractivity contribution is 9.10. The van der Waals surface area contributed by atoms with E-state index in [4.69, 9.17) is 0 Å². The van der Waals surface area contributed by atoms with E-state index in [0.29, 0.717) is 6.04 Å². The molecule has 1 aromatic rings. The van der Waals surface area contributed by atoms with Crippen molar-refractivity contribution < 1.29 is 0 Å². The Balaban J connectivity index is 2.82. The molecular weight excluding hydrogens is 282 g/mol. The van der Waals surface area contributed by atoms with E-state index in [9.17, 15) is 0 Å². The second-order valence-electron chi connectivity index (χ2n) is 4.18. The number of nitrogens with one attached hydrogen (secondary N) is 1. The number of thiophene rings is 1. The third-order valence-corrected chi connectivity index (χ3v) is 4.86. The number of hydrogen-bond donors (Lipinski definition) is 1. The zero-order chi connectivity index (χ0) is 12.0. The van der Waals surface area contributed by atoms with E-state index in [0.717, 1.165) is 12.5 Å². The average Bonchev–Trinajstić information content (AvgIpc) is 2.71. The van der Waals surface area contributed by atoms with Gasteiger partial charge in [-0.15, -0.1) is 0 Å². The molecule has 0 saturated heterocycles. The van der Waals surface area contributed by atoms with Crippen molar-refractivity contribution in [1.29, 1.82) is 0 Å². The lowest BCUT2D eigenvalue weighted by Gasteiger charge is -2.26. The molecule has 3 heteroatoms. The number of rotatable bonds is 7. The lowest BCUT2D eigenvalue weighted by molar-refractivity contribution is 0.341. The molecule has 1 N–H and O–H groups in total. The first kappa shape index (κ1) is 14.2. The molecule has 92 valence electrons. The molecule has 1 nitrogen and oxygen atoms in total. The van der Waals surface area contributed by atoms with Gasteiger partial charge in [-0.25, -0.2) is 0 Å². The van der Waals surface area contributed by atoms with Crippen LogP contribution in [0.15, 0.2) is 15.2 Å². The van der Waals surface area contributed by atoms with Crippen LogP contribution in [0.4, 0.5) is 0 Å². The first-order chi connectivity index (χ1) is 7.74. The normalized spacial score (nSPS) is 13.3. The molecular formula is C13H22BrNS. The first-order valence-corrected chi connectivity index (χ1v) is 7.93. The van der Waals surface area contributed by atoms with Crippen LogP contribution in [0.25, 0.3) is 0 Å². The largest absolute Gasteiger partial charge is 0.310 e. The Hall–Kier alpha value is 0.140. The summed E-state index contributed by atoms with van der Waals surface area (Å²) in [5, 5.41) is 8.14. The summed E-state index contributed by atoms with van der Waals surface area (Å²) in [5.74, 6) is 0.734. The quantitative estimate of drug-likeness (QED) is 0.748. The summed E-state index contributed by atoms with van der Waals surface area (Å²) < 4.78 is 1.26. The smallest absolute Gasteiger partial charge is 0.0367 e. The Labute approximate surface area is 112 Å². The van der Waals surface area contributed by atoms with Gasteiger partial charge in [-0.2, -0.15) is 11.3 Å². The molecule has 0 bridgehead atoms. The van der Waals surface area contributed by atoms with E-state index in [1.165, 1.54) is 29.3 Å². The summed E-state index contributed by atoms with van der Waals surface area (Å²) in [7, 11) is 0. The third-order valence-electron chi connectivity index (χ3n) is 3.11. The van der Waals surface area contributed by atoms with Crippen molar-refractivity contribution in [3.8, 4) is 0 Å². The van der Waals surface area contributed by atoms with Crippen LogP contribution in [0.2, 0.25) is 0 Å². The van der Waals surface area contributed by atoms with Gasteiger partial charge in [0.15, 0.2) is 0 Å². The van der Waals surface area contributed by atoms with Crippen molar-refractivity contribution in [1.82, 2.24) is 5.32 Å². The van der Waals surface area contributed by atoms with Crippen LogP contribution in [0, 0.1) is 5.92 Å². The minimum atomic E-state index is 0.510. The van der Waals surface area contributed by atoms with Crippen molar-refractivity contribution >= 4 is 27.3 Å². The monoisotopic (exact) mass is 303 g/mol. The lowest BCUT2D eigenvalue weighted by Crippen LogP contribution is -2.28. The fraction of sp³-hybridized carbons (Fsp3) is 0.692. The Morgan fingerprint density at radius 1 is 1.25 bits per heavy atom. The first-order valence-electron chi connectivity index (χ1n) is 6.19. The molecule has 0 radical (unpaired) electrons. The highest BCUT2D eigenvalue weighted by atomic mass is 79.9. The Morgan fingerprint density at radius 2 is 1.94 bits per heavy atom. The summed E-state index contributed by atoms with van der Waals surface area (Å²) >= 11 is 5.44. The molecule has 0 amide bonds. The predicted molar refractivity (Wildman–Crippen MR) is 77.1 cm³/mol. The van der Waals surface area contributed by atoms with Gasteiger partial charge in [-0.05, 0) is 45.8 Å². The molecule has 1 atom stereocenters. The van der Waals surface area contributed by atoms with Gasteiger partial charge in [0.05, 0.1) is 0 Å². The van der Waals surface area contributed by atoms with Gasteiger partial charge in [0, 0.05) is 15.9 Å². The Kier molecular flexibility index (Phi) is 6.62. The van der Waals surface area contributed by atoms with E-state index in [1.807, 2.05) is 0 Å². The van der Waals surface area contributed by atoms with E-state index < -0.39 is 0 Å². The zero-order valence-electron chi connectivity index (χ0n) is 10.4. The predicted octanol–water partition coefficient (Wildman–Crippen LogP) is 4.99. The molecule has 1 unspecified atom stereocenters. The zero-order valence-corrected chi connectivity index (χ0v) is 12.8. The minimum absolute atomic E-state index is 0.510. The fourth-order valence-corrected chi connectivity index (χ4v) is 3.68. The van der Waals surface area contributed by atoms with Crippen LogP contribution >= 0.6 is 27.3 Å². The van der Waals surface area contributed by atoms with Gasteiger partial charge in [-0.3, -0.25) is 0 Å². The molecule has 0 aliphatic heterocycles. The summed E-state index contributed by atoms with van der Waals surface area (Å²) in [6.07, 6.45) is 3.67. The van der Waals surface area contributed by atoms with Crippen LogP contribution < -0.4 is 5.32 Å². The maximum Gasteiger partial charge on any atom is 0.0367 e. The molecule has 0 aliphatic rings. The molecule has 0 spiro atoms. The maximum absolute atomic E-state index is 3.69. The fourth-order valence-electron chi connectivity index (χ4n) is 2.10.